The molecule has 1 atom stereocenters. The van der Waals surface area contributed by atoms with Gasteiger partial charge in [0.2, 0.25) is 0 Å². The second-order valence-corrected chi connectivity index (χ2v) is 5.90. The van der Waals surface area contributed by atoms with E-state index in [1.165, 1.54) is 36.9 Å². The highest BCUT2D eigenvalue weighted by Gasteiger charge is 2.31. The average molecular weight is 230 g/mol. The fraction of sp³-hybridized carbons (Fsp3) is 0.600. The molecule has 0 spiro atoms. The monoisotopic (exact) mass is 230 g/mol. The Morgan fingerprint density at radius 2 is 2.18 bits per heavy atom. The summed E-state index contributed by atoms with van der Waals surface area (Å²) in [5, 5.41) is 7.30. The third-order valence-corrected chi connectivity index (χ3v) is 4.38. The molecule has 0 saturated heterocycles. The Morgan fingerprint density at radius 1 is 1.35 bits per heavy atom. The number of benzene rings is 1. The van der Waals surface area contributed by atoms with Gasteiger partial charge in [0.25, 0.3) is 0 Å². The molecule has 2 heteroatoms. The van der Waals surface area contributed by atoms with Crippen molar-refractivity contribution in [3.63, 3.8) is 0 Å². The van der Waals surface area contributed by atoms with Crippen LogP contribution in [0.4, 0.5) is 5.69 Å². The topological polar surface area (TPSA) is 24.1 Å². The normalized spacial score (nSPS) is 25.6. The van der Waals surface area contributed by atoms with Gasteiger partial charge in [-0.3, -0.25) is 0 Å². The van der Waals surface area contributed by atoms with Crippen LogP contribution in [0.3, 0.4) is 0 Å². The zero-order valence-electron chi connectivity index (χ0n) is 10.6. The summed E-state index contributed by atoms with van der Waals surface area (Å²) < 4.78 is 0. The van der Waals surface area contributed by atoms with Gasteiger partial charge in [-0.25, -0.2) is 0 Å². The Balaban J connectivity index is 1.57. The third-order valence-electron chi connectivity index (χ3n) is 4.38. The van der Waals surface area contributed by atoms with Crippen molar-refractivity contribution in [2.75, 3.05) is 18.4 Å². The van der Waals surface area contributed by atoms with Crippen LogP contribution in [0.25, 0.3) is 0 Å². The van der Waals surface area contributed by atoms with Gasteiger partial charge >= 0.3 is 0 Å². The van der Waals surface area contributed by atoms with Crippen LogP contribution < -0.4 is 10.6 Å². The van der Waals surface area contributed by atoms with Crippen molar-refractivity contribution >= 4 is 5.69 Å². The van der Waals surface area contributed by atoms with Crippen molar-refractivity contribution in [3.8, 4) is 0 Å². The van der Waals surface area contributed by atoms with Crippen molar-refractivity contribution in [2.24, 2.45) is 5.92 Å². The van der Waals surface area contributed by atoms with Crippen LogP contribution in [-0.4, -0.2) is 18.6 Å². The molecule has 92 valence electrons. The molecule has 0 bridgehead atoms. The summed E-state index contributed by atoms with van der Waals surface area (Å²) in [6.45, 7) is 4.62. The Hall–Kier alpha value is -1.02. The molecule has 1 saturated carbocycles. The zero-order valence-corrected chi connectivity index (χ0v) is 10.6. The highest BCUT2D eigenvalue weighted by molar-refractivity contribution is 5.53. The van der Waals surface area contributed by atoms with Crippen LogP contribution in [0.5, 0.6) is 0 Å². The Labute approximate surface area is 104 Å². The molecule has 2 N–H and O–H groups in total. The van der Waals surface area contributed by atoms with Crippen LogP contribution in [0.2, 0.25) is 0 Å². The third kappa shape index (κ3) is 2.32. The van der Waals surface area contributed by atoms with Gasteiger partial charge in [0, 0.05) is 24.3 Å². The van der Waals surface area contributed by atoms with Gasteiger partial charge in [-0.15, -0.1) is 0 Å². The van der Waals surface area contributed by atoms with E-state index >= 15 is 0 Å². The fourth-order valence-electron chi connectivity index (χ4n) is 2.93. The molecule has 0 aromatic heterocycles. The number of hydrogen-bond acceptors (Lipinski definition) is 2. The van der Waals surface area contributed by atoms with Gasteiger partial charge in [0.1, 0.15) is 0 Å². The first-order valence-corrected chi connectivity index (χ1v) is 6.82. The number of rotatable bonds is 3. The quantitative estimate of drug-likeness (QED) is 0.834. The summed E-state index contributed by atoms with van der Waals surface area (Å²) in [5.74, 6) is 0.738. The van der Waals surface area contributed by atoms with E-state index in [4.69, 9.17) is 0 Å². The van der Waals surface area contributed by atoms with Crippen molar-refractivity contribution < 1.29 is 0 Å². The van der Waals surface area contributed by atoms with E-state index in [-0.39, 0.29) is 0 Å². The molecule has 1 fully saturated rings. The molecule has 0 amide bonds. The predicted octanol–water partition coefficient (Wildman–Crippen LogP) is 2.80. The van der Waals surface area contributed by atoms with E-state index in [2.05, 4.69) is 41.8 Å². The minimum atomic E-state index is 0.441. The lowest BCUT2D eigenvalue weighted by Crippen LogP contribution is -2.50. The largest absolute Gasteiger partial charge is 0.384 e. The van der Waals surface area contributed by atoms with Gasteiger partial charge in [0.15, 0.2) is 0 Å². The van der Waals surface area contributed by atoms with Gasteiger partial charge < -0.3 is 10.6 Å². The molecule has 1 aliphatic heterocycles. The molecule has 1 aromatic carbocycles. The lowest BCUT2D eigenvalue weighted by atomic mass is 9.78. The molecule has 1 heterocycles. The zero-order chi connectivity index (χ0) is 11.7. The molecule has 2 aliphatic rings. The maximum absolute atomic E-state index is 3.76. The molecule has 1 unspecified atom stereocenters. The molecule has 1 aliphatic carbocycles. The number of nitrogens with one attached hydrogen (secondary N) is 2. The van der Waals surface area contributed by atoms with E-state index in [9.17, 15) is 0 Å². The Kier molecular flexibility index (Phi) is 2.83. The van der Waals surface area contributed by atoms with Gasteiger partial charge in [0.05, 0.1) is 0 Å². The van der Waals surface area contributed by atoms with Crippen molar-refractivity contribution in [3.05, 3.63) is 29.8 Å². The summed E-state index contributed by atoms with van der Waals surface area (Å²) in [6.07, 6.45) is 5.31. The molecule has 17 heavy (non-hydrogen) atoms. The van der Waals surface area contributed by atoms with E-state index in [0.29, 0.717) is 5.54 Å². The second kappa shape index (κ2) is 4.34. The molecule has 0 radical (unpaired) electrons. The molecular weight excluding hydrogens is 208 g/mol. The van der Waals surface area contributed by atoms with Crippen LogP contribution >= 0.6 is 0 Å². The highest BCUT2D eigenvalue weighted by atomic mass is 15.0. The van der Waals surface area contributed by atoms with Crippen molar-refractivity contribution in [1.82, 2.24) is 5.32 Å². The summed E-state index contributed by atoms with van der Waals surface area (Å²) in [6, 6.07) is 8.69. The van der Waals surface area contributed by atoms with E-state index in [1.807, 2.05) is 0 Å². The predicted molar refractivity (Wildman–Crippen MR) is 72.4 cm³/mol. The summed E-state index contributed by atoms with van der Waals surface area (Å²) >= 11 is 0. The smallest absolute Gasteiger partial charge is 0.0372 e. The van der Waals surface area contributed by atoms with E-state index in [1.54, 1.807) is 0 Å². The van der Waals surface area contributed by atoms with Crippen LogP contribution in [0, 0.1) is 5.92 Å². The van der Waals surface area contributed by atoms with Gasteiger partial charge in [-0.1, -0.05) is 18.2 Å². The van der Waals surface area contributed by atoms with Gasteiger partial charge in [-0.05, 0) is 50.2 Å². The van der Waals surface area contributed by atoms with Crippen molar-refractivity contribution in [1.29, 1.82) is 0 Å². The Bertz CT molecular complexity index is 396. The SMILES string of the molecule is CC1(NCC2CNc3ccccc3C2)CCC1. The first kappa shape index (κ1) is 11.1. The minimum Gasteiger partial charge on any atom is -0.384 e. The molecular formula is C15H22N2. The lowest BCUT2D eigenvalue weighted by molar-refractivity contribution is 0.198. The first-order chi connectivity index (χ1) is 8.25. The standard InChI is InChI=1S/C15H22N2/c1-15(7-4-8-15)17-11-12-9-13-5-2-3-6-14(13)16-10-12/h2-3,5-6,12,16-17H,4,7-11H2,1H3. The summed E-state index contributed by atoms with van der Waals surface area (Å²) in [7, 11) is 0. The van der Waals surface area contributed by atoms with E-state index < -0.39 is 0 Å². The molecule has 2 nitrogen and oxygen atoms in total. The number of anilines is 1. The average Bonchev–Trinajstić information content (AvgIpc) is 2.34. The second-order valence-electron chi connectivity index (χ2n) is 5.90. The van der Waals surface area contributed by atoms with Crippen molar-refractivity contribution in [2.45, 2.75) is 38.1 Å². The lowest BCUT2D eigenvalue weighted by Gasteiger charge is -2.41. The van der Waals surface area contributed by atoms with Crippen LogP contribution in [-0.2, 0) is 6.42 Å². The first-order valence-electron chi connectivity index (χ1n) is 6.82. The maximum Gasteiger partial charge on any atom is 0.0372 e. The number of para-hydroxylation sites is 1. The van der Waals surface area contributed by atoms with Crippen LogP contribution in [0.1, 0.15) is 31.7 Å². The highest BCUT2D eigenvalue weighted by Crippen LogP contribution is 2.31. The molecule has 3 rings (SSSR count). The molecule has 1 aromatic rings. The van der Waals surface area contributed by atoms with Crippen LogP contribution in [0.15, 0.2) is 24.3 Å². The fourth-order valence-corrected chi connectivity index (χ4v) is 2.93. The van der Waals surface area contributed by atoms with Gasteiger partial charge in [-0.2, -0.15) is 0 Å². The summed E-state index contributed by atoms with van der Waals surface area (Å²) in [5.41, 5.74) is 3.25. The Morgan fingerprint density at radius 3 is 2.94 bits per heavy atom. The maximum atomic E-state index is 3.76. The summed E-state index contributed by atoms with van der Waals surface area (Å²) in [4.78, 5) is 0. The minimum absolute atomic E-state index is 0.441. The number of hydrogen-bond donors (Lipinski definition) is 2. The van der Waals surface area contributed by atoms with E-state index in [0.717, 1.165) is 19.0 Å². The number of fused-ring (bicyclic) bond motifs is 1.